The van der Waals surface area contributed by atoms with Gasteiger partial charge in [0.1, 0.15) is 5.82 Å². The summed E-state index contributed by atoms with van der Waals surface area (Å²) in [4.78, 5) is 5.67. The Balaban J connectivity index is 2.06. The topological polar surface area (TPSA) is 24.9 Å². The van der Waals surface area contributed by atoms with Crippen LogP contribution in [-0.4, -0.2) is 4.98 Å². The van der Waals surface area contributed by atoms with Crippen LogP contribution in [0.25, 0.3) is 0 Å². The first-order chi connectivity index (χ1) is 8.99. The molecule has 1 aromatic heterocycles. The van der Waals surface area contributed by atoms with Crippen LogP contribution < -0.4 is 5.32 Å². The molecule has 2 nitrogen and oxygen atoms in total. The minimum absolute atomic E-state index is 0.210. The molecular formula is C14H16BrFN2S. The molecule has 1 atom stereocenters. The summed E-state index contributed by atoms with van der Waals surface area (Å²) < 4.78 is 13.9. The van der Waals surface area contributed by atoms with Crippen molar-refractivity contribution in [2.45, 2.75) is 33.4 Å². The Kier molecular flexibility index (Phi) is 4.71. The lowest BCUT2D eigenvalue weighted by atomic mass is 10.2. The molecule has 102 valence electrons. The molecule has 1 heterocycles. The third-order valence-electron chi connectivity index (χ3n) is 2.96. The number of halogens is 2. The molecular weight excluding hydrogens is 327 g/mol. The summed E-state index contributed by atoms with van der Waals surface area (Å²) in [7, 11) is 0. The molecule has 0 aliphatic carbocycles. The molecule has 1 aromatic carbocycles. The van der Waals surface area contributed by atoms with Crippen molar-refractivity contribution in [2.24, 2.45) is 0 Å². The summed E-state index contributed by atoms with van der Waals surface area (Å²) in [6.45, 7) is 6.76. The number of thiazole rings is 1. The highest BCUT2D eigenvalue weighted by Gasteiger charge is 2.13. The summed E-state index contributed by atoms with van der Waals surface area (Å²) in [6, 6.07) is 5.30. The second-order valence-electron chi connectivity index (χ2n) is 4.50. The van der Waals surface area contributed by atoms with Gasteiger partial charge in [0.2, 0.25) is 0 Å². The first-order valence-electron chi connectivity index (χ1n) is 6.09. The summed E-state index contributed by atoms with van der Waals surface area (Å²) in [5.41, 5.74) is 1.99. The number of hydrogen-bond acceptors (Lipinski definition) is 3. The van der Waals surface area contributed by atoms with Crippen LogP contribution in [0.3, 0.4) is 0 Å². The number of nitrogens with one attached hydrogen (secondary N) is 1. The Bertz CT molecular complexity index is 583. The maximum atomic E-state index is 13.4. The van der Waals surface area contributed by atoms with Crippen LogP contribution in [0.15, 0.2) is 22.7 Å². The molecule has 2 aromatic rings. The Hall–Kier alpha value is -0.780. The van der Waals surface area contributed by atoms with E-state index in [-0.39, 0.29) is 11.9 Å². The third-order valence-corrected chi connectivity index (χ3v) is 5.11. The van der Waals surface area contributed by atoms with Gasteiger partial charge in [-0.1, -0.05) is 12.1 Å². The van der Waals surface area contributed by atoms with Gasteiger partial charge in [-0.2, -0.15) is 0 Å². The third kappa shape index (κ3) is 3.41. The zero-order valence-corrected chi connectivity index (χ0v) is 13.5. The van der Waals surface area contributed by atoms with Crippen molar-refractivity contribution >= 4 is 27.3 Å². The lowest BCUT2D eigenvalue weighted by Gasteiger charge is -2.14. The molecule has 0 bridgehead atoms. The number of hydrogen-bond donors (Lipinski definition) is 1. The monoisotopic (exact) mass is 342 g/mol. The van der Waals surface area contributed by atoms with E-state index in [9.17, 15) is 4.39 Å². The molecule has 0 saturated carbocycles. The molecule has 0 radical (unpaired) electrons. The number of rotatable bonds is 4. The quantitative estimate of drug-likeness (QED) is 0.883. The Morgan fingerprint density at radius 1 is 1.42 bits per heavy atom. The SMILES string of the molecule is Cc1nc(C)c(C(C)NCc2cccc(F)c2Br)s1. The highest BCUT2D eigenvalue weighted by Crippen LogP contribution is 2.26. The van der Waals surface area contributed by atoms with E-state index in [2.05, 4.69) is 33.2 Å². The average molecular weight is 343 g/mol. The van der Waals surface area contributed by atoms with Gasteiger partial charge in [-0.15, -0.1) is 11.3 Å². The zero-order chi connectivity index (χ0) is 14.0. The molecule has 0 saturated heterocycles. The van der Waals surface area contributed by atoms with Crippen LogP contribution in [0, 0.1) is 19.7 Å². The second kappa shape index (κ2) is 6.11. The molecule has 0 aliphatic rings. The van der Waals surface area contributed by atoms with Crippen LogP contribution in [0.5, 0.6) is 0 Å². The fraction of sp³-hybridized carbons (Fsp3) is 0.357. The summed E-state index contributed by atoms with van der Waals surface area (Å²) in [6.07, 6.45) is 0. The van der Waals surface area contributed by atoms with Gasteiger partial charge in [-0.3, -0.25) is 0 Å². The van der Waals surface area contributed by atoms with Gasteiger partial charge >= 0.3 is 0 Å². The van der Waals surface area contributed by atoms with Crippen LogP contribution in [0.2, 0.25) is 0 Å². The van der Waals surface area contributed by atoms with E-state index < -0.39 is 0 Å². The second-order valence-corrected chi connectivity index (χ2v) is 6.53. The van der Waals surface area contributed by atoms with Crippen LogP contribution in [0.1, 0.15) is 34.1 Å². The molecule has 0 spiro atoms. The van der Waals surface area contributed by atoms with E-state index in [1.165, 1.54) is 10.9 Å². The predicted molar refractivity (Wildman–Crippen MR) is 80.9 cm³/mol. The molecule has 0 aliphatic heterocycles. The minimum atomic E-state index is -0.225. The maximum Gasteiger partial charge on any atom is 0.137 e. The summed E-state index contributed by atoms with van der Waals surface area (Å²) >= 11 is 4.99. The van der Waals surface area contributed by atoms with Crippen LogP contribution in [-0.2, 0) is 6.54 Å². The van der Waals surface area contributed by atoms with Gasteiger partial charge < -0.3 is 5.32 Å². The molecule has 19 heavy (non-hydrogen) atoms. The molecule has 0 amide bonds. The van der Waals surface area contributed by atoms with Gasteiger partial charge in [0, 0.05) is 17.5 Å². The van der Waals surface area contributed by atoms with Crippen molar-refractivity contribution < 1.29 is 4.39 Å². The predicted octanol–water partition coefficient (Wildman–Crippen LogP) is 4.51. The maximum absolute atomic E-state index is 13.4. The smallest absolute Gasteiger partial charge is 0.137 e. The van der Waals surface area contributed by atoms with Crippen molar-refractivity contribution in [3.05, 3.63) is 49.6 Å². The van der Waals surface area contributed by atoms with Crippen molar-refractivity contribution in [3.8, 4) is 0 Å². The number of benzene rings is 1. The van der Waals surface area contributed by atoms with E-state index in [0.29, 0.717) is 11.0 Å². The van der Waals surface area contributed by atoms with Crippen molar-refractivity contribution in [1.29, 1.82) is 0 Å². The first kappa shape index (κ1) is 14.6. The minimum Gasteiger partial charge on any atom is -0.305 e. The van der Waals surface area contributed by atoms with E-state index in [1.807, 2.05) is 19.9 Å². The molecule has 1 N–H and O–H groups in total. The van der Waals surface area contributed by atoms with Crippen molar-refractivity contribution in [3.63, 3.8) is 0 Å². The lowest BCUT2D eigenvalue weighted by Crippen LogP contribution is -2.18. The lowest BCUT2D eigenvalue weighted by molar-refractivity contribution is 0.570. The first-order valence-corrected chi connectivity index (χ1v) is 7.70. The Morgan fingerprint density at radius 3 is 2.79 bits per heavy atom. The van der Waals surface area contributed by atoms with Crippen LogP contribution in [0.4, 0.5) is 4.39 Å². The van der Waals surface area contributed by atoms with Gasteiger partial charge in [-0.25, -0.2) is 9.37 Å². The number of nitrogens with zero attached hydrogens (tertiary/aromatic N) is 1. The Morgan fingerprint density at radius 2 is 2.16 bits per heavy atom. The normalized spacial score (nSPS) is 12.7. The van der Waals surface area contributed by atoms with E-state index in [4.69, 9.17) is 0 Å². The average Bonchev–Trinajstić information content (AvgIpc) is 2.70. The van der Waals surface area contributed by atoms with Crippen molar-refractivity contribution in [1.82, 2.24) is 10.3 Å². The van der Waals surface area contributed by atoms with E-state index >= 15 is 0 Å². The van der Waals surface area contributed by atoms with Crippen LogP contribution >= 0.6 is 27.3 Å². The molecule has 1 unspecified atom stereocenters. The summed E-state index contributed by atoms with van der Waals surface area (Å²) in [5, 5.41) is 4.49. The van der Waals surface area contributed by atoms with Gasteiger partial charge in [0.15, 0.2) is 0 Å². The van der Waals surface area contributed by atoms with Gasteiger partial charge in [0.05, 0.1) is 15.2 Å². The van der Waals surface area contributed by atoms with Gasteiger partial charge in [0.25, 0.3) is 0 Å². The Labute approximate surface area is 125 Å². The molecule has 5 heteroatoms. The fourth-order valence-electron chi connectivity index (χ4n) is 1.99. The van der Waals surface area contributed by atoms with E-state index in [0.717, 1.165) is 16.3 Å². The molecule has 0 fully saturated rings. The largest absolute Gasteiger partial charge is 0.305 e. The standard InChI is InChI=1S/C14H16BrFN2S/c1-8(14-9(2)18-10(3)19-14)17-7-11-5-4-6-12(16)13(11)15/h4-6,8,17H,7H2,1-3H3. The van der Waals surface area contributed by atoms with Crippen molar-refractivity contribution in [2.75, 3.05) is 0 Å². The van der Waals surface area contributed by atoms with E-state index in [1.54, 1.807) is 17.4 Å². The highest BCUT2D eigenvalue weighted by atomic mass is 79.9. The summed E-state index contributed by atoms with van der Waals surface area (Å²) in [5.74, 6) is -0.225. The fourth-order valence-corrected chi connectivity index (χ4v) is 3.35. The number of aryl methyl sites for hydroxylation is 2. The molecule has 2 rings (SSSR count). The van der Waals surface area contributed by atoms with Gasteiger partial charge in [-0.05, 0) is 48.3 Å². The highest BCUT2D eigenvalue weighted by molar-refractivity contribution is 9.10. The zero-order valence-electron chi connectivity index (χ0n) is 11.1. The number of aromatic nitrogens is 1.